The molecule has 1 aliphatic heterocycles. The molecule has 9 nitrogen and oxygen atoms in total. The zero-order valence-corrected chi connectivity index (χ0v) is 16.2. The van der Waals surface area contributed by atoms with Crippen LogP contribution in [0, 0.1) is 10.1 Å². The smallest absolute Gasteiger partial charge is 0.271 e. The first-order valence-corrected chi connectivity index (χ1v) is 9.08. The Balaban J connectivity index is 1.43. The van der Waals surface area contributed by atoms with Gasteiger partial charge in [0.05, 0.1) is 11.1 Å². The molecular formula is C19H12BrN3O6. The van der Waals surface area contributed by atoms with E-state index in [0.29, 0.717) is 38.6 Å². The third-order valence-corrected chi connectivity index (χ3v) is 4.70. The Morgan fingerprint density at radius 1 is 1.14 bits per heavy atom. The van der Waals surface area contributed by atoms with Crippen molar-refractivity contribution in [1.82, 2.24) is 5.43 Å². The summed E-state index contributed by atoms with van der Waals surface area (Å²) >= 11 is 3.31. The molecule has 0 bridgehead atoms. The van der Waals surface area contributed by atoms with Gasteiger partial charge in [-0.25, -0.2) is 5.43 Å². The molecule has 0 unspecified atom stereocenters. The van der Waals surface area contributed by atoms with Crippen LogP contribution >= 0.6 is 15.9 Å². The van der Waals surface area contributed by atoms with Crippen molar-refractivity contribution in [3.8, 4) is 22.8 Å². The van der Waals surface area contributed by atoms with Crippen molar-refractivity contribution in [2.24, 2.45) is 5.10 Å². The van der Waals surface area contributed by atoms with E-state index in [1.54, 1.807) is 36.4 Å². The number of hydrogen-bond acceptors (Lipinski definition) is 7. The lowest BCUT2D eigenvalue weighted by Crippen LogP contribution is -2.17. The minimum Gasteiger partial charge on any atom is -0.455 e. The van der Waals surface area contributed by atoms with Crippen LogP contribution in [0.15, 0.2) is 62.5 Å². The summed E-state index contributed by atoms with van der Waals surface area (Å²) in [6.45, 7) is 0.129. The molecule has 2 aromatic carbocycles. The molecule has 10 heteroatoms. The number of hydrazone groups is 1. The van der Waals surface area contributed by atoms with Crippen LogP contribution in [0.3, 0.4) is 0 Å². The molecule has 0 atom stereocenters. The van der Waals surface area contributed by atoms with Crippen LogP contribution in [-0.2, 0) is 0 Å². The zero-order chi connectivity index (χ0) is 20.4. The van der Waals surface area contributed by atoms with Gasteiger partial charge < -0.3 is 13.9 Å². The van der Waals surface area contributed by atoms with Crippen LogP contribution in [0.5, 0.6) is 11.5 Å². The van der Waals surface area contributed by atoms with E-state index in [2.05, 4.69) is 26.5 Å². The quantitative estimate of drug-likeness (QED) is 0.350. The van der Waals surface area contributed by atoms with Crippen LogP contribution in [0.25, 0.3) is 11.3 Å². The standard InChI is InChI=1S/C19H12BrN3O6/c20-15-8-12(23(25)26)2-4-14(15)16-6-3-13(29-16)9-21-22-19(24)11-1-5-17-18(7-11)28-10-27-17/h1-9H,10H2,(H,22,24)/b21-9-. The summed E-state index contributed by atoms with van der Waals surface area (Å²) in [5.41, 5.74) is 3.41. The Morgan fingerprint density at radius 2 is 1.97 bits per heavy atom. The third kappa shape index (κ3) is 3.97. The molecule has 0 fully saturated rings. The molecule has 0 saturated heterocycles. The van der Waals surface area contributed by atoms with Crippen LogP contribution in [0.2, 0.25) is 0 Å². The number of halogens is 1. The lowest BCUT2D eigenvalue weighted by atomic mass is 10.1. The molecular weight excluding hydrogens is 446 g/mol. The molecule has 0 aliphatic carbocycles. The van der Waals surface area contributed by atoms with Gasteiger partial charge in [0.15, 0.2) is 11.5 Å². The minimum absolute atomic E-state index is 0.0276. The lowest BCUT2D eigenvalue weighted by molar-refractivity contribution is -0.384. The second-order valence-electron chi connectivity index (χ2n) is 5.89. The number of nitro benzene ring substituents is 1. The average Bonchev–Trinajstić information content (AvgIpc) is 3.36. The molecule has 2 heterocycles. The Bertz CT molecular complexity index is 1140. The van der Waals surface area contributed by atoms with Crippen molar-refractivity contribution in [2.45, 2.75) is 0 Å². The van der Waals surface area contributed by atoms with Gasteiger partial charge in [-0.05, 0) is 52.3 Å². The van der Waals surface area contributed by atoms with E-state index < -0.39 is 10.8 Å². The topological polar surface area (TPSA) is 116 Å². The molecule has 0 spiro atoms. The number of carbonyl (C=O) groups excluding carboxylic acids is 1. The van der Waals surface area contributed by atoms with Crippen LogP contribution in [0.4, 0.5) is 5.69 Å². The highest BCUT2D eigenvalue weighted by molar-refractivity contribution is 9.10. The van der Waals surface area contributed by atoms with Gasteiger partial charge in [-0.3, -0.25) is 14.9 Å². The number of nitro groups is 1. The highest BCUT2D eigenvalue weighted by atomic mass is 79.9. The number of fused-ring (bicyclic) bond motifs is 1. The summed E-state index contributed by atoms with van der Waals surface area (Å²) < 4.78 is 16.6. The summed E-state index contributed by atoms with van der Waals surface area (Å²) in [5.74, 6) is 1.58. The molecule has 1 amide bonds. The second kappa shape index (κ2) is 7.76. The van der Waals surface area contributed by atoms with E-state index in [4.69, 9.17) is 13.9 Å². The van der Waals surface area contributed by atoms with E-state index >= 15 is 0 Å². The second-order valence-corrected chi connectivity index (χ2v) is 6.74. The van der Waals surface area contributed by atoms with Gasteiger partial charge in [0, 0.05) is 27.7 Å². The largest absolute Gasteiger partial charge is 0.455 e. The van der Waals surface area contributed by atoms with Gasteiger partial charge in [0.25, 0.3) is 11.6 Å². The molecule has 1 aliphatic rings. The third-order valence-electron chi connectivity index (χ3n) is 4.05. The molecule has 3 aromatic rings. The highest BCUT2D eigenvalue weighted by Gasteiger charge is 2.16. The monoisotopic (exact) mass is 457 g/mol. The van der Waals surface area contributed by atoms with Gasteiger partial charge in [0.1, 0.15) is 11.5 Å². The van der Waals surface area contributed by atoms with Crippen molar-refractivity contribution in [1.29, 1.82) is 0 Å². The minimum atomic E-state index is -0.475. The number of hydrogen-bond donors (Lipinski definition) is 1. The predicted octanol–water partition coefficient (Wildman–Crippen LogP) is 4.11. The highest BCUT2D eigenvalue weighted by Crippen LogP contribution is 2.33. The Labute approximate surface area is 172 Å². The van der Waals surface area contributed by atoms with Gasteiger partial charge >= 0.3 is 0 Å². The van der Waals surface area contributed by atoms with Crippen molar-refractivity contribution < 1.29 is 23.6 Å². The van der Waals surface area contributed by atoms with Crippen molar-refractivity contribution in [3.05, 3.63) is 74.4 Å². The maximum atomic E-state index is 12.2. The fraction of sp³-hybridized carbons (Fsp3) is 0.0526. The molecule has 1 aromatic heterocycles. The normalized spacial score (nSPS) is 12.3. The summed E-state index contributed by atoms with van der Waals surface area (Å²) in [7, 11) is 0. The molecule has 146 valence electrons. The van der Waals surface area contributed by atoms with E-state index in [1.165, 1.54) is 18.3 Å². The number of amides is 1. The number of benzene rings is 2. The van der Waals surface area contributed by atoms with E-state index in [0.717, 1.165) is 0 Å². The van der Waals surface area contributed by atoms with Crippen molar-refractivity contribution >= 4 is 33.7 Å². The molecule has 0 radical (unpaired) electrons. The molecule has 4 rings (SSSR count). The first kappa shape index (κ1) is 18.7. The molecule has 1 N–H and O–H groups in total. The van der Waals surface area contributed by atoms with Gasteiger partial charge in [-0.15, -0.1) is 0 Å². The number of carbonyl (C=O) groups is 1. The van der Waals surface area contributed by atoms with E-state index in [-0.39, 0.29) is 12.5 Å². The maximum absolute atomic E-state index is 12.2. The van der Waals surface area contributed by atoms with Crippen LogP contribution in [-0.4, -0.2) is 23.8 Å². The average molecular weight is 458 g/mol. The van der Waals surface area contributed by atoms with Crippen LogP contribution < -0.4 is 14.9 Å². The molecule has 0 saturated carbocycles. The van der Waals surface area contributed by atoms with Gasteiger partial charge in [0.2, 0.25) is 6.79 Å². The summed E-state index contributed by atoms with van der Waals surface area (Å²) in [5, 5.41) is 14.7. The van der Waals surface area contributed by atoms with Crippen LogP contribution in [0.1, 0.15) is 16.1 Å². The zero-order valence-electron chi connectivity index (χ0n) is 14.6. The number of rotatable bonds is 5. The molecule has 29 heavy (non-hydrogen) atoms. The maximum Gasteiger partial charge on any atom is 0.271 e. The lowest BCUT2D eigenvalue weighted by Gasteiger charge is -2.01. The number of nitrogens with zero attached hydrogens (tertiary/aromatic N) is 2. The number of ether oxygens (including phenoxy) is 2. The SMILES string of the molecule is O=C(N/N=C\c1ccc(-c2ccc([N+](=O)[O-])cc2Br)o1)c1ccc2c(c1)OCO2. The first-order valence-electron chi connectivity index (χ1n) is 8.28. The predicted molar refractivity (Wildman–Crippen MR) is 106 cm³/mol. The number of nitrogens with one attached hydrogen (secondary N) is 1. The van der Waals surface area contributed by atoms with E-state index in [1.807, 2.05) is 0 Å². The Hall–Kier alpha value is -3.66. The fourth-order valence-corrected chi connectivity index (χ4v) is 3.20. The number of non-ortho nitro benzene ring substituents is 1. The Morgan fingerprint density at radius 3 is 2.76 bits per heavy atom. The number of furan rings is 1. The van der Waals surface area contributed by atoms with E-state index in [9.17, 15) is 14.9 Å². The van der Waals surface area contributed by atoms with Crippen molar-refractivity contribution in [3.63, 3.8) is 0 Å². The Kier molecular flexibility index (Phi) is 5.00. The first-order chi connectivity index (χ1) is 14.0. The van der Waals surface area contributed by atoms with Crippen molar-refractivity contribution in [2.75, 3.05) is 6.79 Å². The fourth-order valence-electron chi connectivity index (χ4n) is 2.64. The van der Waals surface area contributed by atoms with Gasteiger partial charge in [-0.2, -0.15) is 5.10 Å². The summed E-state index contributed by atoms with van der Waals surface area (Å²) in [6, 6.07) is 12.6. The summed E-state index contributed by atoms with van der Waals surface area (Å²) in [4.78, 5) is 22.5. The van der Waals surface area contributed by atoms with Gasteiger partial charge in [-0.1, -0.05) is 0 Å². The summed E-state index contributed by atoms with van der Waals surface area (Å²) in [6.07, 6.45) is 1.35.